The van der Waals surface area contributed by atoms with Crippen molar-refractivity contribution in [2.75, 3.05) is 13.2 Å². The normalized spacial score (nSPS) is 29.7. The minimum atomic E-state index is 0.301. The highest BCUT2D eigenvalue weighted by Gasteiger charge is 2.20. The molecule has 0 aromatic carbocycles. The maximum absolute atomic E-state index is 6.27. The first kappa shape index (κ1) is 11.2. The van der Waals surface area contributed by atoms with Crippen molar-refractivity contribution >= 4 is 0 Å². The van der Waals surface area contributed by atoms with Gasteiger partial charge in [0.05, 0.1) is 0 Å². The van der Waals surface area contributed by atoms with Crippen molar-refractivity contribution in [3.8, 4) is 0 Å². The van der Waals surface area contributed by atoms with Crippen LogP contribution in [0.5, 0.6) is 0 Å². The van der Waals surface area contributed by atoms with Crippen molar-refractivity contribution in [1.82, 2.24) is 0 Å². The third-order valence-corrected chi connectivity index (χ3v) is 3.66. The van der Waals surface area contributed by atoms with Gasteiger partial charge in [-0.15, -0.1) is 0 Å². The highest BCUT2D eigenvalue weighted by atomic mass is 16.5. The Balaban J connectivity index is 1.82. The molecule has 1 fully saturated rings. The molecule has 0 amide bonds. The molecule has 0 saturated carbocycles. The summed E-state index contributed by atoms with van der Waals surface area (Å²) < 4.78 is 5.39. The number of allylic oxidation sites excluding steroid dienone is 1. The SMILES string of the molecule is NC(CC1CCOC1)C1=CCCCCC1. The molecule has 0 radical (unpaired) electrons. The number of rotatable bonds is 3. The second-order valence-corrected chi connectivity index (χ2v) is 4.95. The number of ether oxygens (including phenoxy) is 1. The molecule has 0 aromatic rings. The van der Waals surface area contributed by atoms with Gasteiger partial charge in [-0.1, -0.05) is 18.1 Å². The fraction of sp³-hybridized carbons (Fsp3) is 0.846. The van der Waals surface area contributed by atoms with E-state index < -0.39 is 0 Å². The van der Waals surface area contributed by atoms with Crippen LogP contribution >= 0.6 is 0 Å². The minimum Gasteiger partial charge on any atom is -0.381 e. The average molecular weight is 209 g/mol. The van der Waals surface area contributed by atoms with Gasteiger partial charge < -0.3 is 10.5 Å². The van der Waals surface area contributed by atoms with Crippen molar-refractivity contribution in [2.45, 2.75) is 51.0 Å². The molecule has 1 aliphatic carbocycles. The van der Waals surface area contributed by atoms with E-state index in [1.54, 1.807) is 0 Å². The Labute approximate surface area is 92.9 Å². The number of nitrogens with two attached hydrogens (primary N) is 1. The molecule has 0 aromatic heterocycles. The predicted octanol–water partition coefficient (Wildman–Crippen LogP) is 2.63. The fourth-order valence-corrected chi connectivity index (χ4v) is 2.66. The quantitative estimate of drug-likeness (QED) is 0.725. The largest absolute Gasteiger partial charge is 0.381 e. The maximum Gasteiger partial charge on any atom is 0.0495 e. The van der Waals surface area contributed by atoms with Gasteiger partial charge in [0.25, 0.3) is 0 Å². The lowest BCUT2D eigenvalue weighted by Gasteiger charge is -2.18. The minimum absolute atomic E-state index is 0.301. The maximum atomic E-state index is 6.27. The van der Waals surface area contributed by atoms with Crippen LogP contribution in [-0.4, -0.2) is 19.3 Å². The van der Waals surface area contributed by atoms with Crippen LogP contribution in [0.3, 0.4) is 0 Å². The van der Waals surface area contributed by atoms with E-state index >= 15 is 0 Å². The van der Waals surface area contributed by atoms with Crippen LogP contribution in [0.4, 0.5) is 0 Å². The molecule has 2 nitrogen and oxygen atoms in total. The van der Waals surface area contributed by atoms with Gasteiger partial charge in [0.15, 0.2) is 0 Å². The molecular formula is C13H23NO. The van der Waals surface area contributed by atoms with E-state index in [1.807, 2.05) is 0 Å². The van der Waals surface area contributed by atoms with Crippen LogP contribution in [0.15, 0.2) is 11.6 Å². The summed E-state index contributed by atoms with van der Waals surface area (Å²) in [5.74, 6) is 0.712. The molecule has 0 spiro atoms. The van der Waals surface area contributed by atoms with E-state index in [9.17, 15) is 0 Å². The topological polar surface area (TPSA) is 35.2 Å². The molecule has 2 unspecified atom stereocenters. The lowest BCUT2D eigenvalue weighted by molar-refractivity contribution is 0.183. The van der Waals surface area contributed by atoms with Crippen molar-refractivity contribution in [3.63, 3.8) is 0 Å². The summed E-state index contributed by atoms with van der Waals surface area (Å²) in [6.45, 7) is 1.87. The Kier molecular flexibility index (Phi) is 4.21. The summed E-state index contributed by atoms with van der Waals surface area (Å²) in [6.07, 6.45) is 11.3. The Morgan fingerprint density at radius 3 is 3.13 bits per heavy atom. The molecule has 1 saturated heterocycles. The summed E-state index contributed by atoms with van der Waals surface area (Å²) in [4.78, 5) is 0. The van der Waals surface area contributed by atoms with Crippen LogP contribution in [0.2, 0.25) is 0 Å². The first-order valence-electron chi connectivity index (χ1n) is 6.38. The van der Waals surface area contributed by atoms with Gasteiger partial charge >= 0.3 is 0 Å². The summed E-state index contributed by atoms with van der Waals surface area (Å²) in [5.41, 5.74) is 7.79. The molecule has 2 rings (SSSR count). The van der Waals surface area contributed by atoms with E-state index in [2.05, 4.69) is 6.08 Å². The second-order valence-electron chi connectivity index (χ2n) is 4.95. The molecule has 2 heteroatoms. The first-order valence-corrected chi connectivity index (χ1v) is 6.38. The molecule has 15 heavy (non-hydrogen) atoms. The average Bonchev–Trinajstić information content (AvgIpc) is 2.58. The highest BCUT2D eigenvalue weighted by Crippen LogP contribution is 2.25. The van der Waals surface area contributed by atoms with Crippen LogP contribution in [0.25, 0.3) is 0 Å². The number of hydrogen-bond acceptors (Lipinski definition) is 2. The van der Waals surface area contributed by atoms with Crippen LogP contribution in [0.1, 0.15) is 44.9 Å². The summed E-state index contributed by atoms with van der Waals surface area (Å²) in [7, 11) is 0. The lowest BCUT2D eigenvalue weighted by Crippen LogP contribution is -2.26. The Bertz CT molecular complexity index is 219. The van der Waals surface area contributed by atoms with Gasteiger partial charge in [-0.05, 0) is 44.4 Å². The molecule has 86 valence electrons. The Morgan fingerprint density at radius 1 is 1.40 bits per heavy atom. The van der Waals surface area contributed by atoms with Gasteiger partial charge in [-0.3, -0.25) is 0 Å². The molecule has 2 atom stereocenters. The van der Waals surface area contributed by atoms with Gasteiger partial charge in [0, 0.05) is 19.3 Å². The van der Waals surface area contributed by atoms with E-state index in [-0.39, 0.29) is 0 Å². The van der Waals surface area contributed by atoms with Gasteiger partial charge in [0.1, 0.15) is 0 Å². The van der Waals surface area contributed by atoms with Crippen LogP contribution in [0, 0.1) is 5.92 Å². The lowest BCUT2D eigenvalue weighted by atomic mass is 9.92. The van der Waals surface area contributed by atoms with Crippen LogP contribution < -0.4 is 5.73 Å². The summed E-state index contributed by atoms with van der Waals surface area (Å²) in [6, 6.07) is 0.301. The molecular weight excluding hydrogens is 186 g/mol. The summed E-state index contributed by atoms with van der Waals surface area (Å²) >= 11 is 0. The van der Waals surface area contributed by atoms with Crippen molar-refractivity contribution in [1.29, 1.82) is 0 Å². The molecule has 0 bridgehead atoms. The van der Waals surface area contributed by atoms with Gasteiger partial charge in [0.2, 0.25) is 0 Å². The van der Waals surface area contributed by atoms with Crippen molar-refractivity contribution < 1.29 is 4.74 Å². The standard InChI is InChI=1S/C13H23NO/c14-13(9-11-7-8-15-10-11)12-5-3-1-2-4-6-12/h5,11,13H,1-4,6-10,14H2. The fourth-order valence-electron chi connectivity index (χ4n) is 2.66. The summed E-state index contributed by atoms with van der Waals surface area (Å²) in [5, 5.41) is 0. The monoisotopic (exact) mass is 209 g/mol. The smallest absolute Gasteiger partial charge is 0.0495 e. The van der Waals surface area contributed by atoms with E-state index in [1.165, 1.54) is 44.1 Å². The van der Waals surface area contributed by atoms with Gasteiger partial charge in [-0.25, -0.2) is 0 Å². The van der Waals surface area contributed by atoms with E-state index in [0.29, 0.717) is 12.0 Å². The second kappa shape index (κ2) is 5.66. The third-order valence-electron chi connectivity index (χ3n) is 3.66. The van der Waals surface area contributed by atoms with Gasteiger partial charge in [-0.2, -0.15) is 0 Å². The van der Waals surface area contributed by atoms with E-state index in [4.69, 9.17) is 10.5 Å². The molecule has 1 aliphatic heterocycles. The Morgan fingerprint density at radius 2 is 2.33 bits per heavy atom. The zero-order valence-electron chi connectivity index (χ0n) is 9.58. The highest BCUT2D eigenvalue weighted by molar-refractivity contribution is 5.11. The molecule has 2 aliphatic rings. The zero-order valence-corrected chi connectivity index (χ0v) is 9.58. The zero-order chi connectivity index (χ0) is 10.5. The molecule has 1 heterocycles. The van der Waals surface area contributed by atoms with Crippen molar-refractivity contribution in [3.05, 3.63) is 11.6 Å². The third kappa shape index (κ3) is 3.32. The first-order chi connectivity index (χ1) is 7.36. The Hall–Kier alpha value is -0.340. The van der Waals surface area contributed by atoms with E-state index in [0.717, 1.165) is 19.6 Å². The number of hydrogen-bond donors (Lipinski definition) is 1. The van der Waals surface area contributed by atoms with Crippen molar-refractivity contribution in [2.24, 2.45) is 11.7 Å². The van der Waals surface area contributed by atoms with Crippen LogP contribution in [-0.2, 0) is 4.74 Å². The predicted molar refractivity (Wildman–Crippen MR) is 62.7 cm³/mol. The molecule has 2 N–H and O–H groups in total.